The quantitative estimate of drug-likeness (QED) is 0.572. The highest BCUT2D eigenvalue weighted by atomic mass is 19.3. The van der Waals surface area contributed by atoms with Crippen molar-refractivity contribution in [3.63, 3.8) is 0 Å². The fraction of sp³-hybridized carbons (Fsp3) is 0.333. The largest absolute Gasteiger partial charge is 0.434 e. The number of aryl methyl sites for hydroxylation is 3. The molecule has 2 heterocycles. The van der Waals surface area contributed by atoms with Gasteiger partial charge in [0.25, 0.3) is 11.8 Å². The highest BCUT2D eigenvalue weighted by Crippen LogP contribution is 2.23. The van der Waals surface area contributed by atoms with E-state index >= 15 is 0 Å². The first-order chi connectivity index (χ1) is 16.2. The minimum atomic E-state index is -3.02. The molecule has 0 bridgehead atoms. The molecule has 1 fully saturated rings. The van der Waals surface area contributed by atoms with Crippen molar-refractivity contribution in [2.45, 2.75) is 27.4 Å². The molecule has 3 aromatic rings. The summed E-state index contributed by atoms with van der Waals surface area (Å²) in [6, 6.07) is 11.8. The average Bonchev–Trinajstić information content (AvgIpc) is 3.19. The van der Waals surface area contributed by atoms with Gasteiger partial charge < -0.3 is 14.5 Å². The van der Waals surface area contributed by atoms with Gasteiger partial charge in [-0.05, 0) is 44.5 Å². The van der Waals surface area contributed by atoms with Crippen LogP contribution in [0.4, 0.5) is 8.78 Å². The van der Waals surface area contributed by atoms with Crippen molar-refractivity contribution in [2.24, 2.45) is 0 Å². The lowest BCUT2D eigenvalue weighted by atomic mass is 10.1. The number of amides is 2. The Bertz CT molecular complexity index is 1220. The zero-order valence-corrected chi connectivity index (χ0v) is 19.2. The molecule has 1 saturated heterocycles. The van der Waals surface area contributed by atoms with Gasteiger partial charge >= 0.3 is 6.61 Å². The number of carbonyl (C=O) groups excluding carboxylic acids is 2. The van der Waals surface area contributed by atoms with Crippen LogP contribution in [0.3, 0.4) is 0 Å². The van der Waals surface area contributed by atoms with Crippen molar-refractivity contribution in [3.05, 3.63) is 70.5 Å². The third-order valence-corrected chi connectivity index (χ3v) is 5.74. The SMILES string of the molecule is Cc1ccc(-n2nc(C)c(C(=O)N3CCN(C(=O)c4ccccc4OC(F)F)CC3)n2)c(C)c1. The lowest BCUT2D eigenvalue weighted by Gasteiger charge is -2.34. The molecule has 34 heavy (non-hydrogen) atoms. The highest BCUT2D eigenvalue weighted by Gasteiger charge is 2.29. The van der Waals surface area contributed by atoms with Crippen molar-refractivity contribution in [1.82, 2.24) is 24.8 Å². The third kappa shape index (κ3) is 4.75. The van der Waals surface area contributed by atoms with E-state index in [-0.39, 0.29) is 49.1 Å². The molecule has 0 radical (unpaired) electrons. The Morgan fingerprint density at radius 2 is 1.56 bits per heavy atom. The van der Waals surface area contributed by atoms with E-state index in [0.717, 1.165) is 16.8 Å². The molecule has 0 N–H and O–H groups in total. The van der Waals surface area contributed by atoms with Crippen LogP contribution in [-0.4, -0.2) is 69.4 Å². The van der Waals surface area contributed by atoms with Gasteiger partial charge in [0, 0.05) is 26.2 Å². The van der Waals surface area contributed by atoms with Crippen LogP contribution in [-0.2, 0) is 0 Å². The van der Waals surface area contributed by atoms with Crippen LogP contribution < -0.4 is 4.74 Å². The Balaban J connectivity index is 1.45. The number of ether oxygens (including phenoxy) is 1. The molecular weight excluding hydrogens is 444 g/mol. The topological polar surface area (TPSA) is 80.6 Å². The highest BCUT2D eigenvalue weighted by molar-refractivity contribution is 5.97. The molecule has 2 aromatic carbocycles. The van der Waals surface area contributed by atoms with Gasteiger partial charge in [0.05, 0.1) is 16.9 Å². The van der Waals surface area contributed by atoms with E-state index in [1.165, 1.54) is 27.9 Å². The average molecular weight is 469 g/mol. The van der Waals surface area contributed by atoms with Gasteiger partial charge in [-0.2, -0.15) is 18.7 Å². The summed E-state index contributed by atoms with van der Waals surface area (Å²) in [5.74, 6) is -0.845. The van der Waals surface area contributed by atoms with Crippen LogP contribution in [0.1, 0.15) is 37.7 Å². The molecule has 178 valence electrons. The number of alkyl halides is 2. The first kappa shape index (κ1) is 23.3. The number of halogens is 2. The Kier molecular flexibility index (Phi) is 6.58. The summed E-state index contributed by atoms with van der Waals surface area (Å²) < 4.78 is 29.9. The zero-order chi connectivity index (χ0) is 24.4. The van der Waals surface area contributed by atoms with E-state index < -0.39 is 12.5 Å². The molecule has 0 saturated carbocycles. The summed E-state index contributed by atoms with van der Waals surface area (Å²) in [4.78, 5) is 30.6. The molecule has 1 aromatic heterocycles. The van der Waals surface area contributed by atoms with Gasteiger partial charge in [0.1, 0.15) is 5.75 Å². The number of hydrogen-bond acceptors (Lipinski definition) is 5. The maximum absolute atomic E-state index is 13.1. The first-order valence-corrected chi connectivity index (χ1v) is 10.9. The van der Waals surface area contributed by atoms with E-state index in [9.17, 15) is 18.4 Å². The minimum absolute atomic E-state index is 0.0647. The van der Waals surface area contributed by atoms with E-state index in [4.69, 9.17) is 0 Å². The van der Waals surface area contributed by atoms with Crippen molar-refractivity contribution in [3.8, 4) is 11.4 Å². The fourth-order valence-corrected chi connectivity index (χ4v) is 3.99. The minimum Gasteiger partial charge on any atom is -0.434 e. The second kappa shape index (κ2) is 9.58. The smallest absolute Gasteiger partial charge is 0.387 e. The first-order valence-electron chi connectivity index (χ1n) is 10.9. The predicted molar refractivity (Wildman–Crippen MR) is 120 cm³/mol. The third-order valence-electron chi connectivity index (χ3n) is 5.74. The summed E-state index contributed by atoms with van der Waals surface area (Å²) in [6.45, 7) is 3.78. The summed E-state index contributed by atoms with van der Waals surface area (Å²) in [5.41, 5.74) is 3.76. The molecule has 1 aliphatic heterocycles. The fourth-order valence-electron chi connectivity index (χ4n) is 3.99. The number of benzene rings is 2. The lowest BCUT2D eigenvalue weighted by Crippen LogP contribution is -2.50. The molecule has 0 spiro atoms. The molecule has 0 aliphatic carbocycles. The number of para-hydroxylation sites is 1. The van der Waals surface area contributed by atoms with Crippen LogP contribution in [0.5, 0.6) is 5.75 Å². The molecule has 0 unspecified atom stereocenters. The van der Waals surface area contributed by atoms with Crippen molar-refractivity contribution < 1.29 is 23.1 Å². The maximum atomic E-state index is 13.1. The summed E-state index contributed by atoms with van der Waals surface area (Å²) in [5, 5.41) is 8.85. The van der Waals surface area contributed by atoms with Crippen LogP contribution in [0.2, 0.25) is 0 Å². The monoisotopic (exact) mass is 469 g/mol. The molecule has 10 heteroatoms. The second-order valence-electron chi connectivity index (χ2n) is 8.17. The summed E-state index contributed by atoms with van der Waals surface area (Å²) >= 11 is 0. The van der Waals surface area contributed by atoms with Gasteiger partial charge in [-0.15, -0.1) is 5.10 Å². The Labute approximate surface area is 195 Å². The summed E-state index contributed by atoms with van der Waals surface area (Å²) in [7, 11) is 0. The normalized spacial score (nSPS) is 13.9. The predicted octanol–water partition coefficient (Wildman–Crippen LogP) is 3.39. The second-order valence-corrected chi connectivity index (χ2v) is 8.17. The van der Waals surface area contributed by atoms with E-state index in [1.54, 1.807) is 17.9 Å². The van der Waals surface area contributed by atoms with Gasteiger partial charge in [-0.3, -0.25) is 9.59 Å². The molecular formula is C24H25F2N5O3. The molecule has 2 amide bonds. The number of piperazine rings is 1. The van der Waals surface area contributed by atoms with E-state index in [2.05, 4.69) is 14.9 Å². The number of hydrogen-bond donors (Lipinski definition) is 0. The van der Waals surface area contributed by atoms with E-state index in [1.807, 2.05) is 32.0 Å². The molecule has 8 nitrogen and oxygen atoms in total. The standard InChI is InChI=1S/C24H25F2N5O3/c1-15-8-9-19(16(2)14-15)31-27-17(3)21(28-31)23(33)30-12-10-29(11-13-30)22(32)18-6-4-5-7-20(18)34-24(25)26/h4-9,14,24H,10-13H2,1-3H3. The molecule has 1 aliphatic rings. The van der Waals surface area contributed by atoms with Crippen LogP contribution >= 0.6 is 0 Å². The van der Waals surface area contributed by atoms with Gasteiger partial charge in [0.15, 0.2) is 5.69 Å². The molecule has 0 atom stereocenters. The van der Waals surface area contributed by atoms with E-state index in [0.29, 0.717) is 5.69 Å². The summed E-state index contributed by atoms with van der Waals surface area (Å²) in [6.07, 6.45) is 0. The Morgan fingerprint density at radius 3 is 2.21 bits per heavy atom. The van der Waals surface area contributed by atoms with Gasteiger partial charge in [-0.25, -0.2) is 0 Å². The van der Waals surface area contributed by atoms with Crippen LogP contribution in [0.15, 0.2) is 42.5 Å². The Morgan fingerprint density at radius 1 is 0.912 bits per heavy atom. The molecule has 4 rings (SSSR count). The maximum Gasteiger partial charge on any atom is 0.387 e. The number of aromatic nitrogens is 3. The van der Waals surface area contributed by atoms with Gasteiger partial charge in [0.2, 0.25) is 0 Å². The number of carbonyl (C=O) groups is 2. The van der Waals surface area contributed by atoms with Crippen LogP contribution in [0, 0.1) is 20.8 Å². The number of rotatable bonds is 5. The van der Waals surface area contributed by atoms with Crippen molar-refractivity contribution in [1.29, 1.82) is 0 Å². The zero-order valence-electron chi connectivity index (χ0n) is 19.2. The lowest BCUT2D eigenvalue weighted by molar-refractivity contribution is -0.0503. The van der Waals surface area contributed by atoms with Crippen LogP contribution in [0.25, 0.3) is 5.69 Å². The van der Waals surface area contributed by atoms with Crippen molar-refractivity contribution >= 4 is 11.8 Å². The van der Waals surface area contributed by atoms with Gasteiger partial charge in [-0.1, -0.05) is 29.8 Å². The van der Waals surface area contributed by atoms with Crippen molar-refractivity contribution in [2.75, 3.05) is 26.2 Å². The Hall–Kier alpha value is -3.82. The number of nitrogens with zero attached hydrogens (tertiary/aromatic N) is 5.